The maximum atomic E-state index is 12.0. The minimum atomic E-state index is 0.0209. The van der Waals surface area contributed by atoms with Crippen molar-refractivity contribution >= 4 is 5.91 Å². The van der Waals surface area contributed by atoms with Crippen LogP contribution in [0.1, 0.15) is 40.9 Å². The minimum Gasteiger partial charge on any atom is -0.472 e. The number of hydrogen-bond donors (Lipinski definition) is 0. The molecule has 6 nitrogen and oxygen atoms in total. The zero-order valence-electron chi connectivity index (χ0n) is 10.4. The van der Waals surface area contributed by atoms with E-state index in [1.165, 1.54) is 25.4 Å². The monoisotopic (exact) mass is 258 g/mol. The van der Waals surface area contributed by atoms with Gasteiger partial charge in [0.2, 0.25) is 0 Å². The van der Waals surface area contributed by atoms with E-state index in [4.69, 9.17) is 4.42 Å². The third-order valence-electron chi connectivity index (χ3n) is 3.82. The summed E-state index contributed by atoms with van der Waals surface area (Å²) in [6.45, 7) is 1.38. The summed E-state index contributed by atoms with van der Waals surface area (Å²) in [5.41, 5.74) is 1.70. The molecule has 0 unspecified atom stereocenters. The lowest BCUT2D eigenvalue weighted by Gasteiger charge is -2.38. The molecule has 2 aromatic rings. The molecule has 0 N–H and O–H groups in total. The summed E-state index contributed by atoms with van der Waals surface area (Å²) in [4.78, 5) is 13.8. The van der Waals surface area contributed by atoms with E-state index in [2.05, 4.69) is 10.3 Å². The summed E-state index contributed by atoms with van der Waals surface area (Å²) in [5, 5.41) is 8.36. The highest BCUT2D eigenvalue weighted by molar-refractivity contribution is 5.94. The predicted octanol–water partition coefficient (Wildman–Crippen LogP) is 1.45. The quantitative estimate of drug-likeness (QED) is 0.835. The molecule has 1 saturated heterocycles. The Hall–Kier alpha value is -2.11. The molecule has 1 aliphatic heterocycles. The fourth-order valence-corrected chi connectivity index (χ4v) is 2.39. The third-order valence-corrected chi connectivity index (χ3v) is 3.82. The van der Waals surface area contributed by atoms with Crippen molar-refractivity contribution < 1.29 is 9.21 Å². The van der Waals surface area contributed by atoms with Gasteiger partial charge >= 0.3 is 0 Å². The lowest BCUT2D eigenvalue weighted by molar-refractivity contribution is 0.0497. The fourth-order valence-electron chi connectivity index (χ4n) is 2.39. The average molecular weight is 258 g/mol. The third kappa shape index (κ3) is 1.83. The van der Waals surface area contributed by atoms with Crippen molar-refractivity contribution in [3.63, 3.8) is 0 Å². The van der Waals surface area contributed by atoms with E-state index in [0.29, 0.717) is 24.6 Å². The van der Waals surface area contributed by atoms with Gasteiger partial charge in [0.15, 0.2) is 0 Å². The number of carbonyl (C=O) groups excluding carboxylic acids is 1. The zero-order chi connectivity index (χ0) is 12.8. The minimum absolute atomic E-state index is 0.0209. The Morgan fingerprint density at radius 3 is 2.89 bits per heavy atom. The molecule has 19 heavy (non-hydrogen) atoms. The molecule has 1 amide bonds. The maximum Gasteiger partial charge on any atom is 0.257 e. The van der Waals surface area contributed by atoms with Crippen LogP contribution in [0.15, 0.2) is 29.2 Å². The molecule has 0 atom stereocenters. The number of amides is 1. The summed E-state index contributed by atoms with van der Waals surface area (Å²) in [7, 11) is 0. The van der Waals surface area contributed by atoms with Crippen molar-refractivity contribution in [1.29, 1.82) is 0 Å². The van der Waals surface area contributed by atoms with Crippen molar-refractivity contribution in [2.24, 2.45) is 0 Å². The normalized spacial score (nSPS) is 19.5. The summed E-state index contributed by atoms with van der Waals surface area (Å²) in [6, 6.07) is 1.95. The SMILES string of the molecule is O=C(c1ccoc1)N1CC(n2cc(C3CC3)nn2)C1. The van der Waals surface area contributed by atoms with Crippen LogP contribution >= 0.6 is 0 Å². The van der Waals surface area contributed by atoms with Crippen LogP contribution in [0.4, 0.5) is 0 Å². The molecule has 2 aliphatic rings. The second-order valence-electron chi connectivity index (χ2n) is 5.27. The van der Waals surface area contributed by atoms with E-state index < -0.39 is 0 Å². The number of hydrogen-bond acceptors (Lipinski definition) is 4. The van der Waals surface area contributed by atoms with Crippen molar-refractivity contribution in [2.45, 2.75) is 24.8 Å². The Kier molecular flexibility index (Phi) is 2.24. The largest absolute Gasteiger partial charge is 0.472 e. The highest BCUT2D eigenvalue weighted by Crippen LogP contribution is 2.39. The number of likely N-dealkylation sites (tertiary alicyclic amines) is 1. The molecule has 3 heterocycles. The van der Waals surface area contributed by atoms with Crippen LogP contribution in [-0.4, -0.2) is 38.9 Å². The number of carbonyl (C=O) groups is 1. The molecule has 4 rings (SSSR count). The topological polar surface area (TPSA) is 64.2 Å². The van der Waals surface area contributed by atoms with Crippen molar-refractivity contribution in [3.05, 3.63) is 36.0 Å². The molecule has 0 radical (unpaired) electrons. The first-order valence-electron chi connectivity index (χ1n) is 6.54. The van der Waals surface area contributed by atoms with Gasteiger partial charge in [0.05, 0.1) is 23.6 Å². The number of rotatable bonds is 3. The Morgan fingerprint density at radius 1 is 1.37 bits per heavy atom. The van der Waals surface area contributed by atoms with Crippen molar-refractivity contribution in [2.75, 3.05) is 13.1 Å². The average Bonchev–Trinajstić information content (AvgIpc) is 2.90. The summed E-state index contributed by atoms with van der Waals surface area (Å²) >= 11 is 0. The Balaban J connectivity index is 1.40. The molecule has 1 aliphatic carbocycles. The first kappa shape index (κ1) is 10.8. The van der Waals surface area contributed by atoms with Gasteiger partial charge in [0, 0.05) is 25.2 Å². The van der Waals surface area contributed by atoms with Gasteiger partial charge < -0.3 is 9.32 Å². The smallest absolute Gasteiger partial charge is 0.257 e. The van der Waals surface area contributed by atoms with Crippen LogP contribution in [0.25, 0.3) is 0 Å². The molecular formula is C13H14N4O2. The van der Waals surface area contributed by atoms with E-state index in [1.807, 2.05) is 10.9 Å². The zero-order valence-corrected chi connectivity index (χ0v) is 10.4. The molecule has 6 heteroatoms. The van der Waals surface area contributed by atoms with Crippen LogP contribution in [0.3, 0.4) is 0 Å². The second-order valence-corrected chi connectivity index (χ2v) is 5.27. The molecular weight excluding hydrogens is 244 g/mol. The maximum absolute atomic E-state index is 12.0. The highest BCUT2D eigenvalue weighted by Gasteiger charge is 2.34. The van der Waals surface area contributed by atoms with E-state index in [0.717, 1.165) is 5.69 Å². The van der Waals surface area contributed by atoms with Gasteiger partial charge in [-0.2, -0.15) is 0 Å². The number of aromatic nitrogens is 3. The molecule has 0 spiro atoms. The van der Waals surface area contributed by atoms with Crippen LogP contribution in [0, 0.1) is 0 Å². The van der Waals surface area contributed by atoms with E-state index in [-0.39, 0.29) is 11.9 Å². The van der Waals surface area contributed by atoms with E-state index in [9.17, 15) is 4.79 Å². The van der Waals surface area contributed by atoms with Gasteiger partial charge in [-0.25, -0.2) is 4.68 Å². The molecule has 1 saturated carbocycles. The molecule has 2 aromatic heterocycles. The standard InChI is InChI=1S/C13H14N4O2/c18-13(10-3-4-19-8-10)16-5-11(6-16)17-7-12(14-15-17)9-1-2-9/h3-4,7-9,11H,1-2,5-6H2. The summed E-state index contributed by atoms with van der Waals surface area (Å²) in [5.74, 6) is 0.644. The summed E-state index contributed by atoms with van der Waals surface area (Å²) in [6.07, 6.45) is 7.49. The molecule has 2 fully saturated rings. The summed E-state index contributed by atoms with van der Waals surface area (Å²) < 4.78 is 6.82. The fraction of sp³-hybridized carbons (Fsp3) is 0.462. The van der Waals surface area contributed by atoms with Gasteiger partial charge in [-0.3, -0.25) is 4.79 Å². The first-order valence-corrected chi connectivity index (χ1v) is 6.54. The van der Waals surface area contributed by atoms with Gasteiger partial charge in [-0.15, -0.1) is 5.10 Å². The molecule has 98 valence electrons. The van der Waals surface area contributed by atoms with Crippen molar-refractivity contribution in [1.82, 2.24) is 19.9 Å². The van der Waals surface area contributed by atoms with E-state index in [1.54, 1.807) is 11.0 Å². The highest BCUT2D eigenvalue weighted by atomic mass is 16.3. The number of furan rings is 1. The Labute approximate surface area is 110 Å². The molecule has 0 bridgehead atoms. The van der Waals surface area contributed by atoms with E-state index >= 15 is 0 Å². The van der Waals surface area contributed by atoms with Gasteiger partial charge in [-0.1, -0.05) is 5.21 Å². The lowest BCUT2D eigenvalue weighted by Crippen LogP contribution is -2.50. The van der Waals surface area contributed by atoms with Crippen LogP contribution in [0.5, 0.6) is 0 Å². The van der Waals surface area contributed by atoms with Crippen LogP contribution in [-0.2, 0) is 0 Å². The molecule has 0 aromatic carbocycles. The number of nitrogens with zero attached hydrogens (tertiary/aromatic N) is 4. The lowest BCUT2D eigenvalue weighted by atomic mass is 10.1. The van der Waals surface area contributed by atoms with Gasteiger partial charge in [0.1, 0.15) is 6.26 Å². The van der Waals surface area contributed by atoms with Gasteiger partial charge in [-0.05, 0) is 18.9 Å². The van der Waals surface area contributed by atoms with Gasteiger partial charge in [0.25, 0.3) is 5.91 Å². The van der Waals surface area contributed by atoms with Crippen LogP contribution < -0.4 is 0 Å². The Bertz CT molecular complexity index is 594. The second kappa shape index (κ2) is 3.94. The van der Waals surface area contributed by atoms with Crippen molar-refractivity contribution in [3.8, 4) is 0 Å². The Morgan fingerprint density at radius 2 is 2.21 bits per heavy atom. The first-order chi connectivity index (χ1) is 9.31. The predicted molar refractivity (Wildman–Crippen MR) is 65.6 cm³/mol. The van der Waals surface area contributed by atoms with Crippen LogP contribution in [0.2, 0.25) is 0 Å².